The largest absolute Gasteiger partial charge is 0.368 e. The van der Waals surface area contributed by atoms with Gasteiger partial charge in [0.05, 0.1) is 6.61 Å². The van der Waals surface area contributed by atoms with Crippen LogP contribution < -0.4 is 0 Å². The lowest BCUT2D eigenvalue weighted by Crippen LogP contribution is -2.14. The zero-order chi connectivity index (χ0) is 10.7. The third kappa shape index (κ3) is 2.12. The van der Waals surface area contributed by atoms with Crippen LogP contribution in [-0.4, -0.2) is 13.2 Å². The van der Waals surface area contributed by atoms with Crippen LogP contribution in [-0.2, 0) is 4.74 Å². The van der Waals surface area contributed by atoms with Crippen molar-refractivity contribution in [2.24, 2.45) is 0 Å². The van der Waals surface area contributed by atoms with Crippen LogP contribution in [0.4, 0.5) is 0 Å². The number of hydrogen-bond donors (Lipinski definition) is 0. The Hall–Kier alpha value is -0.480. The second-order valence-electron chi connectivity index (χ2n) is 3.68. The molecule has 5 radical (unpaired) electrons. The molecule has 1 aliphatic rings. The molecule has 1 nitrogen and oxygen atoms in total. The van der Waals surface area contributed by atoms with Gasteiger partial charge in [-0.05, 0) is 23.7 Å². The lowest BCUT2D eigenvalue weighted by atomic mass is 9.90. The fourth-order valence-electron chi connectivity index (χ4n) is 1.72. The van der Waals surface area contributed by atoms with E-state index < -0.39 is 0 Å². The molecule has 0 spiro atoms. The standard InChI is InChI=1S/C13H17O/c1-6-7-14-8-13-11(4)9(2)10(3)12(13)5/h1H,7-8H2,2-5H3. The van der Waals surface area contributed by atoms with E-state index in [4.69, 9.17) is 11.2 Å². The first kappa shape index (κ1) is 11.6. The molecule has 1 heteroatoms. The zero-order valence-electron chi connectivity index (χ0n) is 9.40. The zero-order valence-corrected chi connectivity index (χ0v) is 9.40. The monoisotopic (exact) mass is 189 g/mol. The molecule has 0 bridgehead atoms. The van der Waals surface area contributed by atoms with Crippen LogP contribution in [0.25, 0.3) is 0 Å². The van der Waals surface area contributed by atoms with E-state index in [1.165, 1.54) is 29.6 Å². The summed E-state index contributed by atoms with van der Waals surface area (Å²) in [6.07, 6.45) is 5.13. The molecule has 0 heterocycles. The third-order valence-corrected chi connectivity index (χ3v) is 3.02. The van der Waals surface area contributed by atoms with Crippen molar-refractivity contribution in [2.75, 3.05) is 13.2 Å². The lowest BCUT2D eigenvalue weighted by Gasteiger charge is -2.18. The van der Waals surface area contributed by atoms with Gasteiger partial charge < -0.3 is 4.74 Å². The number of terminal acetylenes is 1. The number of ether oxygens (including phenoxy) is 1. The smallest absolute Gasteiger partial charge is 0.107 e. The molecule has 75 valence electrons. The SMILES string of the molecule is C#CCOC[C]1[C](C)[C](C)[C](C)[C]1C. The van der Waals surface area contributed by atoms with Crippen molar-refractivity contribution >= 4 is 0 Å². The Morgan fingerprint density at radius 1 is 1.00 bits per heavy atom. The van der Waals surface area contributed by atoms with E-state index in [-0.39, 0.29) is 0 Å². The first-order chi connectivity index (χ1) is 6.59. The van der Waals surface area contributed by atoms with Crippen molar-refractivity contribution in [2.45, 2.75) is 27.7 Å². The summed E-state index contributed by atoms with van der Waals surface area (Å²) in [6, 6.07) is 0. The summed E-state index contributed by atoms with van der Waals surface area (Å²) >= 11 is 0. The van der Waals surface area contributed by atoms with Gasteiger partial charge in [0.15, 0.2) is 0 Å². The van der Waals surface area contributed by atoms with Crippen LogP contribution in [0.2, 0.25) is 0 Å². The van der Waals surface area contributed by atoms with Crippen LogP contribution in [0.1, 0.15) is 27.7 Å². The maximum absolute atomic E-state index is 5.36. The fourth-order valence-corrected chi connectivity index (χ4v) is 1.72. The van der Waals surface area contributed by atoms with Gasteiger partial charge in [-0.25, -0.2) is 0 Å². The van der Waals surface area contributed by atoms with E-state index in [1.807, 2.05) is 0 Å². The molecule has 0 saturated heterocycles. The van der Waals surface area contributed by atoms with Crippen LogP contribution >= 0.6 is 0 Å². The van der Waals surface area contributed by atoms with E-state index in [9.17, 15) is 0 Å². The maximum atomic E-state index is 5.36. The van der Waals surface area contributed by atoms with Crippen molar-refractivity contribution in [3.63, 3.8) is 0 Å². The number of rotatable bonds is 3. The summed E-state index contributed by atoms with van der Waals surface area (Å²) in [6.45, 7) is 9.62. The predicted molar refractivity (Wildman–Crippen MR) is 58.6 cm³/mol. The van der Waals surface area contributed by atoms with E-state index in [0.29, 0.717) is 13.2 Å². The molecule has 0 amide bonds. The van der Waals surface area contributed by atoms with Gasteiger partial charge in [0.1, 0.15) is 6.61 Å². The molecule has 1 aliphatic carbocycles. The molecule has 0 aromatic carbocycles. The highest BCUT2D eigenvalue weighted by molar-refractivity contribution is 5.59. The van der Waals surface area contributed by atoms with Gasteiger partial charge in [-0.2, -0.15) is 0 Å². The molecule has 14 heavy (non-hydrogen) atoms. The molecule has 0 aromatic heterocycles. The van der Waals surface area contributed by atoms with Crippen molar-refractivity contribution in [3.8, 4) is 12.3 Å². The molecule has 0 atom stereocenters. The Morgan fingerprint density at radius 2 is 1.50 bits per heavy atom. The van der Waals surface area contributed by atoms with Crippen LogP contribution in [0.3, 0.4) is 0 Å². The third-order valence-electron chi connectivity index (χ3n) is 3.02. The first-order valence-corrected chi connectivity index (χ1v) is 4.82. The Labute approximate surface area is 88.2 Å². The average Bonchev–Trinajstić information content (AvgIpc) is 2.35. The van der Waals surface area contributed by atoms with Crippen molar-refractivity contribution < 1.29 is 4.74 Å². The Kier molecular flexibility index (Phi) is 4.01. The van der Waals surface area contributed by atoms with Gasteiger partial charge >= 0.3 is 0 Å². The quantitative estimate of drug-likeness (QED) is 0.490. The van der Waals surface area contributed by atoms with E-state index in [1.54, 1.807) is 0 Å². The van der Waals surface area contributed by atoms with Gasteiger partial charge in [0.2, 0.25) is 0 Å². The van der Waals surface area contributed by atoms with Crippen molar-refractivity contribution in [1.29, 1.82) is 0 Å². The van der Waals surface area contributed by atoms with Crippen LogP contribution in [0.15, 0.2) is 0 Å². The van der Waals surface area contributed by atoms with Gasteiger partial charge in [-0.1, -0.05) is 33.6 Å². The molecule has 0 unspecified atom stereocenters. The second kappa shape index (κ2) is 4.84. The molecule has 1 fully saturated rings. The summed E-state index contributed by atoms with van der Waals surface area (Å²) in [5.41, 5.74) is 0. The summed E-state index contributed by atoms with van der Waals surface area (Å²) < 4.78 is 5.36. The summed E-state index contributed by atoms with van der Waals surface area (Å²) in [7, 11) is 0. The van der Waals surface area contributed by atoms with Crippen molar-refractivity contribution in [1.82, 2.24) is 0 Å². The number of hydrogen-bond acceptors (Lipinski definition) is 1. The minimum absolute atomic E-state index is 0.391. The second-order valence-corrected chi connectivity index (χ2v) is 3.68. The van der Waals surface area contributed by atoms with Crippen LogP contribution in [0, 0.1) is 41.9 Å². The van der Waals surface area contributed by atoms with Gasteiger partial charge in [-0.15, -0.1) is 6.42 Å². The molecule has 0 N–H and O–H groups in total. The summed E-state index contributed by atoms with van der Waals surface area (Å²) in [4.78, 5) is 0. The Balaban J connectivity index is 2.48. The van der Waals surface area contributed by atoms with E-state index in [0.717, 1.165) is 0 Å². The highest BCUT2D eigenvalue weighted by atomic mass is 16.5. The van der Waals surface area contributed by atoms with Gasteiger partial charge in [0, 0.05) is 5.92 Å². The molecule has 1 saturated carbocycles. The molecular weight excluding hydrogens is 172 g/mol. The minimum atomic E-state index is 0.391. The predicted octanol–water partition coefficient (Wildman–Crippen LogP) is 2.60. The molecule has 1 rings (SSSR count). The average molecular weight is 189 g/mol. The highest BCUT2D eigenvalue weighted by Crippen LogP contribution is 2.51. The summed E-state index contributed by atoms with van der Waals surface area (Å²) in [5, 5.41) is 0. The Morgan fingerprint density at radius 3 is 1.93 bits per heavy atom. The van der Waals surface area contributed by atoms with Gasteiger partial charge in [-0.3, -0.25) is 0 Å². The molecular formula is C13H17O. The van der Waals surface area contributed by atoms with Crippen molar-refractivity contribution in [3.05, 3.63) is 29.6 Å². The fraction of sp³-hybridized carbons (Fsp3) is 0.462. The normalized spacial score (nSPS) is 23.1. The topological polar surface area (TPSA) is 9.23 Å². The van der Waals surface area contributed by atoms with E-state index >= 15 is 0 Å². The summed E-state index contributed by atoms with van der Waals surface area (Å²) in [5.74, 6) is 9.22. The molecule has 0 aliphatic heterocycles. The minimum Gasteiger partial charge on any atom is -0.368 e. The molecule has 0 aromatic rings. The van der Waals surface area contributed by atoms with E-state index in [2.05, 4.69) is 33.6 Å². The maximum Gasteiger partial charge on any atom is 0.107 e. The van der Waals surface area contributed by atoms with Crippen LogP contribution in [0.5, 0.6) is 0 Å². The Bertz CT molecular complexity index is 202. The highest BCUT2D eigenvalue weighted by Gasteiger charge is 2.43. The lowest BCUT2D eigenvalue weighted by molar-refractivity contribution is 0.179. The van der Waals surface area contributed by atoms with Gasteiger partial charge in [0.25, 0.3) is 0 Å². The first-order valence-electron chi connectivity index (χ1n) is 4.82.